The van der Waals surface area contributed by atoms with Crippen molar-refractivity contribution in [2.45, 2.75) is 147 Å². The Morgan fingerprint density at radius 2 is 0.438 bits per heavy atom. The van der Waals surface area contributed by atoms with Crippen LogP contribution >= 0.6 is 127 Å². The van der Waals surface area contributed by atoms with Crippen LogP contribution in [0.15, 0.2) is 72.8 Å². The van der Waals surface area contributed by atoms with Crippen molar-refractivity contribution in [2.75, 3.05) is 0 Å². The molecule has 2 aliphatic rings. The maximum atomic E-state index is 5.88. The zero-order valence-electron chi connectivity index (χ0n) is 47.8. The van der Waals surface area contributed by atoms with Crippen LogP contribution in [-0.2, 0) is 64.3 Å². The molecular weight excluding hydrogens is 1510 g/mol. The normalized spacial score (nSPS) is 13.1. The van der Waals surface area contributed by atoms with Crippen molar-refractivity contribution in [1.82, 2.24) is 19.9 Å². The number of alkyl halides is 8. The molecule has 0 unspecified atom stereocenters. The highest BCUT2D eigenvalue weighted by molar-refractivity contribution is 9.09. The molecule has 9 rings (SSSR count). The first-order chi connectivity index (χ1) is 37.8. The van der Waals surface area contributed by atoms with Crippen molar-refractivity contribution in [3.05, 3.63) is 162 Å². The summed E-state index contributed by atoms with van der Waals surface area (Å²) in [4.78, 5) is 20.0. The molecule has 0 fully saturated rings. The van der Waals surface area contributed by atoms with Gasteiger partial charge in [-0.2, -0.15) is 0 Å². The fourth-order valence-electron chi connectivity index (χ4n) is 11.2. The first kappa shape index (κ1) is 61.9. The van der Waals surface area contributed by atoms with Gasteiger partial charge in [0.05, 0.1) is 22.8 Å². The van der Waals surface area contributed by atoms with Gasteiger partial charge in [0.2, 0.25) is 0 Å². The minimum atomic E-state index is -0.0683. The lowest BCUT2D eigenvalue weighted by molar-refractivity contribution is 0.589. The maximum absolute atomic E-state index is 5.88. The number of fused-ring (bicyclic) bond motifs is 8. The lowest BCUT2D eigenvalue weighted by Crippen LogP contribution is -2.13. The molecule has 0 spiro atoms. The molecule has 12 heteroatoms. The van der Waals surface area contributed by atoms with Crippen LogP contribution in [-0.4, -0.2) is 19.9 Å². The average Bonchev–Trinajstić information content (AvgIpc) is 4.29. The zero-order valence-corrected chi connectivity index (χ0v) is 60.5. The van der Waals surface area contributed by atoms with Gasteiger partial charge in [-0.25, -0.2) is 9.97 Å². The largest absolute Gasteiger partial charge is 0.354 e. The number of H-pyrrole nitrogens is 2. The molecule has 0 saturated heterocycles. The van der Waals surface area contributed by atoms with E-state index in [9.17, 15) is 0 Å². The zero-order chi connectivity index (χ0) is 58.0. The maximum Gasteiger partial charge on any atom is 0.0737 e. The van der Waals surface area contributed by atoms with Crippen LogP contribution in [0.3, 0.4) is 0 Å². The van der Waals surface area contributed by atoms with E-state index in [1.54, 1.807) is 0 Å². The van der Waals surface area contributed by atoms with Crippen LogP contribution in [0.25, 0.3) is 90.9 Å². The average molecular weight is 1580 g/mol. The van der Waals surface area contributed by atoms with Gasteiger partial charge in [-0.05, 0) is 159 Å². The van der Waals surface area contributed by atoms with E-state index in [0.717, 1.165) is 89.4 Å². The molecule has 8 bridgehead atoms. The van der Waals surface area contributed by atoms with E-state index in [1.165, 1.54) is 66.8 Å². The molecule has 80 heavy (non-hydrogen) atoms. The van der Waals surface area contributed by atoms with E-state index < -0.39 is 0 Å². The molecular formula is C68H70Br8N4. The molecule has 7 aromatic rings. The lowest BCUT2D eigenvalue weighted by Gasteiger charge is -2.24. The van der Waals surface area contributed by atoms with Crippen molar-refractivity contribution >= 4 is 174 Å². The highest BCUT2D eigenvalue weighted by Gasteiger charge is 2.29. The van der Waals surface area contributed by atoms with Gasteiger partial charge in [0, 0.05) is 87.0 Å². The quantitative estimate of drug-likeness (QED) is 0.120. The van der Waals surface area contributed by atoms with Gasteiger partial charge < -0.3 is 9.97 Å². The third-order valence-corrected chi connectivity index (χ3v) is 20.4. The fourth-order valence-corrected chi connectivity index (χ4v) is 14.7. The summed E-state index contributed by atoms with van der Waals surface area (Å²) >= 11 is 32.1. The second kappa shape index (κ2) is 24.4. The van der Waals surface area contributed by atoms with Gasteiger partial charge in [0.1, 0.15) is 0 Å². The Kier molecular flexibility index (Phi) is 18.8. The van der Waals surface area contributed by atoms with Crippen molar-refractivity contribution in [1.29, 1.82) is 0 Å². The van der Waals surface area contributed by atoms with Crippen LogP contribution in [0.2, 0.25) is 0 Å². The minimum absolute atomic E-state index is 0.0683. The summed E-state index contributed by atoms with van der Waals surface area (Å²) in [6, 6.07) is 28.1. The first-order valence-corrected chi connectivity index (χ1v) is 36.1. The number of halogens is 8. The Labute approximate surface area is 542 Å². The Morgan fingerprint density at radius 3 is 0.575 bits per heavy atom. The predicted octanol–water partition coefficient (Wildman–Crippen LogP) is 23.7. The van der Waals surface area contributed by atoms with E-state index in [2.05, 4.69) is 318 Å². The third-order valence-electron chi connectivity index (χ3n) is 15.6. The Hall–Kier alpha value is -2.68. The lowest BCUT2D eigenvalue weighted by atomic mass is 9.82. The monoisotopic (exact) mass is 1570 g/mol. The van der Waals surface area contributed by atoms with Crippen molar-refractivity contribution in [3.8, 4) is 44.5 Å². The molecule has 3 aromatic heterocycles. The molecule has 0 atom stereocenters. The standard InChI is InChI=1S/C68H70Br8N4/c1-65(2,3)45-21-37(29-69)57(38(22-45)30-70)61-49-13-15-51(77-49)62(58-39(31-71)23-46(66(4,5)6)24-40(58)32-72)53-17-19-55(79-53)64(60-43(35-75)27-48(68(10,11)12)28-44(60)36-76)56-20-18-54(80-56)63(52-16-14-50(61)78-52)59-41(33-73)25-47(67(7,8)9)26-42(59)34-74/h13-28,77,80H,29-36H2,1-12H3. The second-order valence-electron chi connectivity index (χ2n) is 25.2. The third kappa shape index (κ3) is 12.1. The highest BCUT2D eigenvalue weighted by Crippen LogP contribution is 2.47. The number of hydrogen-bond acceptors (Lipinski definition) is 2. The summed E-state index contributed by atoms with van der Waals surface area (Å²) in [6.45, 7) is 27.5. The Bertz CT molecular complexity index is 3220. The van der Waals surface area contributed by atoms with Gasteiger partial charge in [0.25, 0.3) is 0 Å². The number of aromatic nitrogens is 4. The SMILES string of the molecule is CC(C)(C)c1cc(CBr)c(-c2c3nc(c(-c4c(CBr)cc(C(C)(C)C)cc4CBr)c4ccc([nH]4)c(-c4c(CBr)cc(C(C)(C)C)cc4CBr)c4nc(c(-c5c(CBr)cc(C(C)(C)C)cc5CBr)c5ccc2[nH]5)C=C4)C=C3)c(CBr)c1. The van der Waals surface area contributed by atoms with Crippen molar-refractivity contribution in [2.24, 2.45) is 0 Å². The summed E-state index contributed by atoms with van der Waals surface area (Å²) < 4.78 is 0. The van der Waals surface area contributed by atoms with Crippen LogP contribution in [0.5, 0.6) is 0 Å². The number of nitrogens with one attached hydrogen (secondary N) is 2. The van der Waals surface area contributed by atoms with Crippen LogP contribution in [0, 0.1) is 0 Å². The molecule has 418 valence electrons. The molecule has 4 aromatic carbocycles. The number of rotatable bonds is 12. The number of hydrogen-bond donors (Lipinski definition) is 2. The molecule has 0 amide bonds. The van der Waals surface area contributed by atoms with Gasteiger partial charge in [-0.15, -0.1) is 0 Å². The van der Waals surface area contributed by atoms with Gasteiger partial charge in [-0.1, -0.05) is 259 Å². The number of benzene rings is 4. The predicted molar refractivity (Wildman–Crippen MR) is 376 cm³/mol. The molecule has 2 aliphatic heterocycles. The second-order valence-corrected chi connectivity index (χ2v) is 29.7. The van der Waals surface area contributed by atoms with Gasteiger partial charge in [-0.3, -0.25) is 0 Å². The van der Waals surface area contributed by atoms with E-state index in [-0.39, 0.29) is 21.7 Å². The van der Waals surface area contributed by atoms with Gasteiger partial charge in [0.15, 0.2) is 0 Å². The summed E-state index contributed by atoms with van der Waals surface area (Å²) in [5, 5.41) is 5.29. The topological polar surface area (TPSA) is 57.4 Å². The summed E-state index contributed by atoms with van der Waals surface area (Å²) in [5.74, 6) is 0. The van der Waals surface area contributed by atoms with Crippen molar-refractivity contribution < 1.29 is 0 Å². The summed E-state index contributed by atoms with van der Waals surface area (Å²) in [6.07, 6.45) is 8.93. The molecule has 0 radical (unpaired) electrons. The number of aromatic amines is 2. The Balaban J connectivity index is 1.58. The summed E-state index contributed by atoms with van der Waals surface area (Å²) in [7, 11) is 0. The minimum Gasteiger partial charge on any atom is -0.354 e. The number of nitrogens with zero attached hydrogens (tertiary/aromatic N) is 2. The first-order valence-electron chi connectivity index (χ1n) is 27.1. The molecule has 0 aliphatic carbocycles. The van der Waals surface area contributed by atoms with Crippen molar-refractivity contribution in [3.63, 3.8) is 0 Å². The van der Waals surface area contributed by atoms with E-state index in [0.29, 0.717) is 42.6 Å². The van der Waals surface area contributed by atoms with E-state index in [1.807, 2.05) is 0 Å². The molecule has 2 N–H and O–H groups in total. The van der Waals surface area contributed by atoms with Crippen LogP contribution in [0.4, 0.5) is 0 Å². The van der Waals surface area contributed by atoms with Crippen LogP contribution < -0.4 is 0 Å². The van der Waals surface area contributed by atoms with E-state index in [4.69, 9.17) is 9.97 Å². The summed E-state index contributed by atoms with van der Waals surface area (Å²) in [5.41, 5.74) is 30.6. The smallest absolute Gasteiger partial charge is 0.0737 e. The van der Waals surface area contributed by atoms with Gasteiger partial charge >= 0.3 is 0 Å². The molecule has 5 heterocycles. The highest BCUT2D eigenvalue weighted by atomic mass is 79.9. The molecule has 0 saturated carbocycles. The van der Waals surface area contributed by atoms with E-state index >= 15 is 0 Å². The Morgan fingerprint density at radius 1 is 0.275 bits per heavy atom. The fraction of sp³-hybridized carbons (Fsp3) is 0.353. The molecule has 4 nitrogen and oxygen atoms in total. The van der Waals surface area contributed by atoms with Crippen LogP contribution in [0.1, 0.15) is 173 Å².